The number of aromatic nitrogens is 2. The van der Waals surface area contributed by atoms with E-state index in [9.17, 15) is 14.0 Å². The number of hydrogen-bond donors (Lipinski definition) is 2. The fourth-order valence-corrected chi connectivity index (χ4v) is 3.94. The van der Waals surface area contributed by atoms with Crippen LogP contribution in [0.3, 0.4) is 0 Å². The Hall–Kier alpha value is -4.98. The molecule has 202 valence electrons. The van der Waals surface area contributed by atoms with Gasteiger partial charge >= 0.3 is 0 Å². The van der Waals surface area contributed by atoms with Gasteiger partial charge in [0.15, 0.2) is 5.82 Å². The van der Waals surface area contributed by atoms with Crippen molar-refractivity contribution in [1.29, 1.82) is 0 Å². The zero-order chi connectivity index (χ0) is 28.2. The number of benzene rings is 2. The minimum atomic E-state index is -0.300. The Morgan fingerprint density at radius 3 is 2.30 bits per heavy atom. The number of pyridine rings is 1. The molecule has 0 aliphatic heterocycles. The molecule has 0 saturated heterocycles. The molecule has 0 unspecified atom stereocenters. The summed E-state index contributed by atoms with van der Waals surface area (Å²) in [4.78, 5) is 29.1. The van der Waals surface area contributed by atoms with E-state index >= 15 is 0 Å². The molecule has 1 fully saturated rings. The molecule has 0 atom stereocenters. The van der Waals surface area contributed by atoms with E-state index in [2.05, 4.69) is 22.2 Å². The summed E-state index contributed by atoms with van der Waals surface area (Å²) in [5.74, 6) is 1.30. The number of allylic oxidation sites excluding steroid dienone is 4. The van der Waals surface area contributed by atoms with Crippen LogP contribution in [-0.4, -0.2) is 21.2 Å². The predicted octanol–water partition coefficient (Wildman–Crippen LogP) is 7.16. The minimum Gasteiger partial charge on any atom is -0.456 e. The summed E-state index contributed by atoms with van der Waals surface area (Å²) in [6, 6.07) is 16.8. The van der Waals surface area contributed by atoms with Crippen molar-refractivity contribution in [3.63, 3.8) is 0 Å². The third kappa shape index (κ3) is 6.53. The van der Waals surface area contributed by atoms with Gasteiger partial charge in [-0.25, -0.2) is 9.37 Å². The maximum absolute atomic E-state index is 13.2. The van der Waals surface area contributed by atoms with Crippen LogP contribution >= 0.6 is 0 Å². The van der Waals surface area contributed by atoms with Gasteiger partial charge in [0, 0.05) is 17.2 Å². The largest absolute Gasteiger partial charge is 0.456 e. The third-order valence-corrected chi connectivity index (χ3v) is 6.58. The first-order valence-corrected chi connectivity index (χ1v) is 12.9. The normalized spacial score (nSPS) is 13.7. The average molecular weight is 537 g/mol. The van der Waals surface area contributed by atoms with E-state index in [4.69, 9.17) is 4.74 Å². The number of carbonyl (C=O) groups excluding carboxylic acids is 2. The molecule has 7 nitrogen and oxygen atoms in total. The zero-order valence-corrected chi connectivity index (χ0v) is 22.3. The summed E-state index contributed by atoms with van der Waals surface area (Å²) in [7, 11) is 0. The third-order valence-electron chi connectivity index (χ3n) is 6.58. The van der Waals surface area contributed by atoms with E-state index in [1.807, 2.05) is 19.1 Å². The van der Waals surface area contributed by atoms with Crippen LogP contribution in [0.1, 0.15) is 32.3 Å². The van der Waals surface area contributed by atoms with E-state index in [1.165, 1.54) is 12.1 Å². The first-order chi connectivity index (χ1) is 19.2. The van der Waals surface area contributed by atoms with Crippen molar-refractivity contribution < 1.29 is 18.7 Å². The van der Waals surface area contributed by atoms with Crippen LogP contribution in [0.2, 0.25) is 0 Å². The van der Waals surface area contributed by atoms with Crippen LogP contribution < -0.4 is 15.4 Å². The first kappa shape index (κ1) is 26.6. The average Bonchev–Trinajstić information content (AvgIpc) is 3.73. The van der Waals surface area contributed by atoms with Crippen molar-refractivity contribution in [3.8, 4) is 11.5 Å². The van der Waals surface area contributed by atoms with E-state index in [0.717, 1.165) is 29.6 Å². The molecular weight excluding hydrogens is 507 g/mol. The quantitative estimate of drug-likeness (QED) is 0.176. The zero-order valence-electron chi connectivity index (χ0n) is 22.3. The van der Waals surface area contributed by atoms with Gasteiger partial charge < -0.3 is 19.8 Å². The lowest BCUT2D eigenvalue weighted by Crippen LogP contribution is -2.13. The van der Waals surface area contributed by atoms with Crippen molar-refractivity contribution >= 4 is 34.5 Å². The number of imidazole rings is 1. The highest BCUT2D eigenvalue weighted by molar-refractivity contribution is 6.03. The number of rotatable bonds is 9. The molecule has 0 spiro atoms. The second kappa shape index (κ2) is 11.4. The van der Waals surface area contributed by atoms with Crippen molar-refractivity contribution in [2.45, 2.75) is 26.7 Å². The number of halogens is 1. The SMILES string of the molecule is C=C(/C(C)=C\C=C(/C)C(=O)Nc1ccc(Oc2ccc3nc(NC(=O)C4CC4)cn3c2)cc1)c1ccc(F)cc1. The number of anilines is 2. The number of nitrogens with one attached hydrogen (secondary N) is 2. The monoisotopic (exact) mass is 536 g/mol. The van der Waals surface area contributed by atoms with Crippen molar-refractivity contribution in [2.75, 3.05) is 10.6 Å². The van der Waals surface area contributed by atoms with Crippen LogP contribution in [0.4, 0.5) is 15.9 Å². The molecule has 1 aliphatic rings. The van der Waals surface area contributed by atoms with Gasteiger partial charge in [-0.15, -0.1) is 0 Å². The number of fused-ring (bicyclic) bond motifs is 1. The molecule has 0 bridgehead atoms. The fraction of sp³-hybridized carbons (Fsp3) is 0.156. The van der Waals surface area contributed by atoms with Crippen LogP contribution in [0, 0.1) is 11.7 Å². The van der Waals surface area contributed by atoms with E-state index in [-0.39, 0.29) is 23.5 Å². The summed E-state index contributed by atoms with van der Waals surface area (Å²) in [6.07, 6.45) is 8.96. The van der Waals surface area contributed by atoms with Gasteiger partial charge in [-0.1, -0.05) is 30.9 Å². The molecule has 1 aliphatic carbocycles. The topological polar surface area (TPSA) is 84.7 Å². The fourth-order valence-electron chi connectivity index (χ4n) is 3.94. The molecule has 40 heavy (non-hydrogen) atoms. The predicted molar refractivity (Wildman–Crippen MR) is 155 cm³/mol. The number of hydrogen-bond acceptors (Lipinski definition) is 4. The summed E-state index contributed by atoms with van der Waals surface area (Å²) >= 11 is 0. The standard InChI is InChI=1S/C32H29FN4O3/c1-20(22(3)23-8-10-25(33)11-9-23)4-5-21(2)31(38)34-26-12-14-27(15-13-26)40-28-16-17-30-35-29(19-37(30)18-28)36-32(39)24-6-7-24/h4-5,8-19,24H,3,6-7H2,1-2H3,(H,34,38)(H,36,39)/b20-4-,21-5+. The van der Waals surface area contributed by atoms with Gasteiger partial charge in [-0.2, -0.15) is 0 Å². The molecular formula is C32H29FN4O3. The van der Waals surface area contributed by atoms with E-state index < -0.39 is 0 Å². The molecule has 2 amide bonds. The van der Waals surface area contributed by atoms with Gasteiger partial charge in [0.2, 0.25) is 5.91 Å². The Morgan fingerprint density at radius 1 is 0.925 bits per heavy atom. The highest BCUT2D eigenvalue weighted by atomic mass is 19.1. The summed E-state index contributed by atoms with van der Waals surface area (Å²) in [5, 5.41) is 5.73. The lowest BCUT2D eigenvalue weighted by Gasteiger charge is -2.09. The maximum atomic E-state index is 13.2. The van der Waals surface area contributed by atoms with Gasteiger partial charge in [0.1, 0.15) is 23.0 Å². The first-order valence-electron chi connectivity index (χ1n) is 12.9. The molecule has 2 aromatic heterocycles. The van der Waals surface area contributed by atoms with Crippen LogP contribution in [-0.2, 0) is 9.59 Å². The molecule has 1 saturated carbocycles. The molecule has 2 heterocycles. The van der Waals surface area contributed by atoms with Crippen LogP contribution in [0.15, 0.2) is 103 Å². The second-order valence-electron chi connectivity index (χ2n) is 9.79. The Labute approximate surface area is 231 Å². The number of nitrogens with zero attached hydrogens (tertiary/aromatic N) is 2. The van der Waals surface area contributed by atoms with Crippen LogP contribution in [0.25, 0.3) is 11.2 Å². The van der Waals surface area contributed by atoms with Gasteiger partial charge in [0.25, 0.3) is 5.91 Å². The summed E-state index contributed by atoms with van der Waals surface area (Å²) < 4.78 is 20.9. The molecule has 2 N–H and O–H groups in total. The number of carbonyl (C=O) groups is 2. The van der Waals surface area contributed by atoms with Crippen LogP contribution in [0.5, 0.6) is 11.5 Å². The Balaban J connectivity index is 1.17. The lowest BCUT2D eigenvalue weighted by molar-refractivity contribution is -0.117. The number of amides is 2. The highest BCUT2D eigenvalue weighted by Gasteiger charge is 2.30. The lowest BCUT2D eigenvalue weighted by atomic mass is 10.00. The van der Waals surface area contributed by atoms with Gasteiger partial charge in [-0.3, -0.25) is 9.59 Å². The Morgan fingerprint density at radius 2 is 1.60 bits per heavy atom. The maximum Gasteiger partial charge on any atom is 0.251 e. The van der Waals surface area contributed by atoms with Crippen molar-refractivity contribution in [1.82, 2.24) is 9.38 Å². The smallest absolute Gasteiger partial charge is 0.251 e. The van der Waals surface area contributed by atoms with Gasteiger partial charge in [-0.05, 0) is 91.9 Å². The molecule has 0 radical (unpaired) electrons. The molecule has 8 heteroatoms. The highest BCUT2D eigenvalue weighted by Crippen LogP contribution is 2.30. The summed E-state index contributed by atoms with van der Waals surface area (Å²) in [6.45, 7) is 7.69. The molecule has 4 aromatic rings. The van der Waals surface area contributed by atoms with E-state index in [1.54, 1.807) is 72.3 Å². The second-order valence-corrected chi connectivity index (χ2v) is 9.79. The van der Waals surface area contributed by atoms with Crippen molar-refractivity contribution in [3.05, 3.63) is 114 Å². The minimum absolute atomic E-state index is 0.0112. The van der Waals surface area contributed by atoms with E-state index in [0.29, 0.717) is 34.2 Å². The number of ether oxygens (including phenoxy) is 1. The summed E-state index contributed by atoms with van der Waals surface area (Å²) in [5.41, 5.74) is 4.29. The Bertz CT molecular complexity index is 1650. The van der Waals surface area contributed by atoms with Gasteiger partial charge in [0.05, 0.1) is 12.4 Å². The Kier molecular flexibility index (Phi) is 7.59. The molecule has 2 aromatic carbocycles. The van der Waals surface area contributed by atoms with Crippen molar-refractivity contribution in [2.24, 2.45) is 5.92 Å². The molecule has 5 rings (SSSR count).